The number of pyridine rings is 1. The maximum absolute atomic E-state index is 13.9. The van der Waals surface area contributed by atoms with E-state index in [9.17, 15) is 4.39 Å². The van der Waals surface area contributed by atoms with Crippen LogP contribution in [0.15, 0.2) is 30.5 Å². The second-order valence-corrected chi connectivity index (χ2v) is 9.00. The molecule has 2 aliphatic heterocycles. The first-order valence-corrected chi connectivity index (χ1v) is 11.0. The Labute approximate surface area is 203 Å². The number of nitrogens with two attached hydrogens (primary N) is 1. The van der Waals surface area contributed by atoms with Gasteiger partial charge < -0.3 is 28.2 Å². The Kier molecular flexibility index (Phi) is 6.29. The van der Waals surface area contributed by atoms with Crippen LogP contribution in [0.3, 0.4) is 0 Å². The zero-order valence-electron chi connectivity index (χ0n) is 18.3. The number of hydrogen-bond acceptors (Lipinski definition) is 5. The predicted molar refractivity (Wildman–Crippen MR) is 120 cm³/mol. The SMILES string of the molecule is C[C@@H](Oc1cc(-c2cc3n(n2)CC[C@@]32CCNC2)cnc1N)c1c(Cl)ccc(F)c1Cl.[Cl-].[H+]. The smallest absolute Gasteiger partial charge is 1.00 e. The second-order valence-electron chi connectivity index (χ2n) is 8.22. The van der Waals surface area contributed by atoms with Crippen LogP contribution in [0.4, 0.5) is 10.2 Å². The Balaban J connectivity index is 0.00000153. The number of nitrogens with zero attached hydrogens (tertiary/aromatic N) is 3. The third-order valence-corrected chi connectivity index (χ3v) is 7.05. The van der Waals surface area contributed by atoms with Crippen molar-refractivity contribution in [2.45, 2.75) is 37.8 Å². The normalized spacial score (nSPS) is 20.2. The number of halogens is 4. The van der Waals surface area contributed by atoms with E-state index in [1.807, 2.05) is 0 Å². The van der Waals surface area contributed by atoms with Crippen LogP contribution in [-0.2, 0) is 12.0 Å². The van der Waals surface area contributed by atoms with Crippen LogP contribution in [-0.4, -0.2) is 27.9 Å². The fourth-order valence-electron chi connectivity index (χ4n) is 4.63. The maximum Gasteiger partial charge on any atom is 1.00 e. The third kappa shape index (κ3) is 3.81. The second kappa shape index (κ2) is 8.71. The first-order valence-electron chi connectivity index (χ1n) is 10.2. The van der Waals surface area contributed by atoms with Crippen molar-refractivity contribution in [1.29, 1.82) is 0 Å². The molecule has 170 valence electrons. The molecule has 1 spiro atoms. The van der Waals surface area contributed by atoms with Crippen LogP contribution >= 0.6 is 23.2 Å². The Morgan fingerprint density at radius 3 is 2.88 bits per heavy atom. The molecule has 0 radical (unpaired) electrons. The van der Waals surface area contributed by atoms with Gasteiger partial charge in [-0.2, -0.15) is 5.10 Å². The summed E-state index contributed by atoms with van der Waals surface area (Å²) in [6.07, 6.45) is 3.30. The number of aromatic nitrogens is 3. The molecule has 0 bridgehead atoms. The van der Waals surface area contributed by atoms with Gasteiger partial charge in [-0.1, -0.05) is 23.2 Å². The highest BCUT2D eigenvalue weighted by molar-refractivity contribution is 6.36. The van der Waals surface area contributed by atoms with E-state index >= 15 is 0 Å². The van der Waals surface area contributed by atoms with Crippen molar-refractivity contribution in [2.75, 3.05) is 18.8 Å². The van der Waals surface area contributed by atoms with Gasteiger partial charge in [-0.25, -0.2) is 9.37 Å². The number of benzene rings is 1. The first kappa shape index (κ1) is 23.1. The van der Waals surface area contributed by atoms with E-state index in [0.717, 1.165) is 43.7 Å². The molecule has 2 aromatic heterocycles. The van der Waals surface area contributed by atoms with E-state index in [2.05, 4.69) is 21.0 Å². The number of aryl methyl sites for hydroxylation is 1. The summed E-state index contributed by atoms with van der Waals surface area (Å²) in [5, 5.41) is 8.52. The molecule has 0 aliphatic carbocycles. The lowest BCUT2D eigenvalue weighted by Gasteiger charge is -2.20. The van der Waals surface area contributed by atoms with Crippen molar-refractivity contribution in [3.8, 4) is 17.0 Å². The van der Waals surface area contributed by atoms with Gasteiger partial charge in [-0.05, 0) is 50.6 Å². The molecule has 1 fully saturated rings. The van der Waals surface area contributed by atoms with E-state index in [1.165, 1.54) is 17.8 Å². The molecule has 3 aromatic rings. The quantitative estimate of drug-likeness (QED) is 0.537. The van der Waals surface area contributed by atoms with E-state index < -0.39 is 11.9 Å². The summed E-state index contributed by atoms with van der Waals surface area (Å²) >= 11 is 12.4. The molecule has 0 saturated carbocycles. The highest BCUT2D eigenvalue weighted by Gasteiger charge is 2.42. The monoisotopic (exact) mass is 497 g/mol. The number of anilines is 1. The van der Waals surface area contributed by atoms with Crippen LogP contribution in [0.1, 0.15) is 38.6 Å². The molecule has 32 heavy (non-hydrogen) atoms. The summed E-state index contributed by atoms with van der Waals surface area (Å²) in [5.41, 5.74) is 9.48. The first-order chi connectivity index (χ1) is 14.9. The molecule has 5 rings (SSSR count). The van der Waals surface area contributed by atoms with Crippen molar-refractivity contribution < 1.29 is 23.0 Å². The average molecular weight is 499 g/mol. The molecule has 10 heteroatoms. The number of nitrogens with one attached hydrogen (secondary N) is 1. The van der Waals surface area contributed by atoms with Gasteiger partial charge in [0.2, 0.25) is 0 Å². The Hall–Kier alpha value is -2.06. The van der Waals surface area contributed by atoms with Crippen LogP contribution in [0.5, 0.6) is 5.75 Å². The molecule has 1 aromatic carbocycles. The van der Waals surface area contributed by atoms with E-state index in [1.54, 1.807) is 19.2 Å². The average Bonchev–Trinajstić information content (AvgIpc) is 3.46. The van der Waals surface area contributed by atoms with Crippen molar-refractivity contribution in [1.82, 2.24) is 20.1 Å². The number of fused-ring (bicyclic) bond motifs is 2. The minimum absolute atomic E-state index is 0. The largest absolute Gasteiger partial charge is 1.00 e. The lowest BCUT2D eigenvalue weighted by Crippen LogP contribution is -3.00. The van der Waals surface area contributed by atoms with Gasteiger partial charge in [0.1, 0.15) is 11.9 Å². The standard InChI is InChI=1S/C22H22Cl2FN5O.ClH/c1-12(19-14(23)2-3-15(25)20(19)24)31-17-8-13(10-28-21(17)26)16-9-18-22(4-6-27-11-22)5-7-30(18)29-16;/h2-3,8-10,12,27H,4-7,11H2,1H3,(H2,26,28);1H/t12-,22-;/m1./s1. The highest BCUT2D eigenvalue weighted by Crippen LogP contribution is 2.42. The topological polar surface area (TPSA) is 78.0 Å². The van der Waals surface area contributed by atoms with Gasteiger partial charge in [0, 0.05) is 46.5 Å². The lowest BCUT2D eigenvalue weighted by atomic mass is 9.82. The number of nitrogen functional groups attached to an aromatic ring is 1. The molecule has 4 heterocycles. The van der Waals surface area contributed by atoms with Crippen LogP contribution < -0.4 is 28.2 Å². The van der Waals surface area contributed by atoms with Gasteiger partial charge in [-0.3, -0.25) is 4.68 Å². The zero-order valence-corrected chi connectivity index (χ0v) is 19.6. The summed E-state index contributed by atoms with van der Waals surface area (Å²) in [4.78, 5) is 4.29. The number of rotatable bonds is 4. The van der Waals surface area contributed by atoms with Crippen molar-refractivity contribution >= 4 is 29.0 Å². The molecule has 2 atom stereocenters. The molecule has 6 nitrogen and oxygen atoms in total. The van der Waals surface area contributed by atoms with Crippen LogP contribution in [0.25, 0.3) is 11.3 Å². The number of ether oxygens (including phenoxy) is 1. The maximum atomic E-state index is 13.9. The van der Waals surface area contributed by atoms with Crippen LogP contribution in [0.2, 0.25) is 10.0 Å². The molecule has 3 N–H and O–H groups in total. The molecule has 0 amide bonds. The van der Waals surface area contributed by atoms with E-state index in [0.29, 0.717) is 16.3 Å². The predicted octanol–water partition coefficient (Wildman–Crippen LogP) is 1.86. The molecule has 1 saturated heterocycles. The molecular weight excluding hydrogens is 476 g/mol. The number of hydrogen-bond donors (Lipinski definition) is 2. The summed E-state index contributed by atoms with van der Waals surface area (Å²) < 4.78 is 22.0. The van der Waals surface area contributed by atoms with Gasteiger partial charge in [-0.15, -0.1) is 0 Å². The van der Waals surface area contributed by atoms with Gasteiger partial charge in [0.25, 0.3) is 0 Å². The molecule has 2 aliphatic rings. The fraction of sp³-hybridized carbons (Fsp3) is 0.364. The van der Waals surface area contributed by atoms with Crippen molar-refractivity contribution in [3.05, 3.63) is 57.6 Å². The minimum Gasteiger partial charge on any atom is -1.00 e. The Morgan fingerprint density at radius 1 is 1.31 bits per heavy atom. The van der Waals surface area contributed by atoms with Gasteiger partial charge in [0.05, 0.1) is 10.7 Å². The van der Waals surface area contributed by atoms with Crippen LogP contribution in [0, 0.1) is 5.82 Å². The van der Waals surface area contributed by atoms with Crippen molar-refractivity contribution in [2.24, 2.45) is 0 Å². The Morgan fingerprint density at radius 2 is 2.12 bits per heavy atom. The summed E-state index contributed by atoms with van der Waals surface area (Å²) in [6, 6.07) is 6.62. The highest BCUT2D eigenvalue weighted by atomic mass is 35.5. The molecular formula is C22H23Cl3FN5O. The van der Waals surface area contributed by atoms with E-state index in [-0.39, 0.29) is 30.1 Å². The third-order valence-electron chi connectivity index (χ3n) is 6.34. The summed E-state index contributed by atoms with van der Waals surface area (Å²) in [5.74, 6) is 0.0356. The summed E-state index contributed by atoms with van der Waals surface area (Å²) in [6.45, 7) is 4.67. The lowest BCUT2D eigenvalue weighted by molar-refractivity contribution is -0.00000769. The Bertz CT molecular complexity index is 1170. The zero-order chi connectivity index (χ0) is 21.8. The van der Waals surface area contributed by atoms with Crippen molar-refractivity contribution in [3.63, 3.8) is 0 Å². The van der Waals surface area contributed by atoms with E-state index in [4.69, 9.17) is 38.8 Å². The minimum atomic E-state index is -0.630. The molecule has 0 unspecified atom stereocenters. The fourth-order valence-corrected chi connectivity index (χ4v) is 5.31. The summed E-state index contributed by atoms with van der Waals surface area (Å²) in [7, 11) is 0. The van der Waals surface area contributed by atoms with Gasteiger partial charge >= 0.3 is 1.43 Å². The van der Waals surface area contributed by atoms with Gasteiger partial charge in [0.15, 0.2) is 11.6 Å².